The number of carbonyl (C=O) groups is 1. The van der Waals surface area contributed by atoms with Crippen molar-refractivity contribution in [3.05, 3.63) is 88.3 Å². The van der Waals surface area contributed by atoms with Crippen molar-refractivity contribution in [2.75, 3.05) is 27.1 Å². The number of halogens is 1. The lowest BCUT2D eigenvalue weighted by Crippen LogP contribution is -2.22. The highest BCUT2D eigenvalue weighted by molar-refractivity contribution is 7.21. The fourth-order valence-electron chi connectivity index (χ4n) is 4.41. The van der Waals surface area contributed by atoms with Crippen LogP contribution in [-0.2, 0) is 6.54 Å². The van der Waals surface area contributed by atoms with Crippen LogP contribution in [0.15, 0.2) is 72.8 Å². The normalized spacial score (nSPS) is 10.9. The van der Waals surface area contributed by atoms with Crippen LogP contribution in [0.5, 0.6) is 17.2 Å². The Kier molecular flexibility index (Phi) is 7.58. The Bertz CT molecular complexity index is 1650. The minimum absolute atomic E-state index is 0.272. The van der Waals surface area contributed by atoms with Gasteiger partial charge in [-0.15, -0.1) is 11.3 Å². The topological polar surface area (TPSA) is 95.7 Å². The number of anilines is 1. The number of fused-ring (bicyclic) bond motifs is 1. The number of thiophene rings is 1. The molecule has 1 amide bonds. The summed E-state index contributed by atoms with van der Waals surface area (Å²) < 4.78 is 16.7. The number of rotatable bonds is 8. The molecule has 39 heavy (non-hydrogen) atoms. The summed E-state index contributed by atoms with van der Waals surface area (Å²) in [6.07, 6.45) is 0. The van der Waals surface area contributed by atoms with Gasteiger partial charge in [0.2, 0.25) is 5.75 Å². The van der Waals surface area contributed by atoms with Gasteiger partial charge in [-0.25, -0.2) is 4.98 Å². The van der Waals surface area contributed by atoms with E-state index in [1.54, 1.807) is 27.4 Å². The fourth-order valence-corrected chi connectivity index (χ4v) is 5.65. The van der Waals surface area contributed by atoms with E-state index >= 15 is 0 Å². The lowest BCUT2D eigenvalue weighted by Gasteiger charge is -2.15. The zero-order valence-corrected chi connectivity index (χ0v) is 23.2. The molecule has 0 spiro atoms. The fraction of sp³-hybridized carbons (Fsp3) is 0.133. The van der Waals surface area contributed by atoms with Crippen LogP contribution in [0.25, 0.3) is 32.6 Å². The number of aromatic nitrogens is 1. The first-order valence-electron chi connectivity index (χ1n) is 12.1. The van der Waals surface area contributed by atoms with E-state index in [9.17, 15) is 4.79 Å². The number of ether oxygens (including phenoxy) is 3. The molecular weight excluding hydrogens is 534 g/mol. The molecule has 0 aliphatic rings. The van der Waals surface area contributed by atoms with Crippen LogP contribution < -0.4 is 25.3 Å². The molecule has 0 atom stereocenters. The standard InChI is InChI=1S/C30H26ClN3O4S/c1-36-23-13-19(14-24(37-2)27(23)38-3)20-15-22(17-9-5-4-6-10-17)34-30-25(20)26(32)28(39-30)29(35)33-16-18-11-7-8-12-21(18)31/h4-15H,16,32H2,1-3H3,(H,33,35). The first-order valence-corrected chi connectivity index (χ1v) is 13.2. The molecule has 3 aromatic carbocycles. The number of hydrogen-bond donors (Lipinski definition) is 2. The van der Waals surface area contributed by atoms with Crippen molar-refractivity contribution in [2.24, 2.45) is 0 Å². The van der Waals surface area contributed by atoms with Crippen LogP contribution in [0.2, 0.25) is 5.02 Å². The van der Waals surface area contributed by atoms with Crippen LogP contribution in [0.4, 0.5) is 5.69 Å². The van der Waals surface area contributed by atoms with Gasteiger partial charge in [-0.2, -0.15) is 0 Å². The maximum Gasteiger partial charge on any atom is 0.263 e. The summed E-state index contributed by atoms with van der Waals surface area (Å²) in [7, 11) is 4.70. The molecular formula is C30H26ClN3O4S. The zero-order chi connectivity index (χ0) is 27.5. The van der Waals surface area contributed by atoms with Gasteiger partial charge in [-0.3, -0.25) is 4.79 Å². The Morgan fingerprint density at radius 2 is 1.59 bits per heavy atom. The summed E-state index contributed by atoms with van der Waals surface area (Å²) in [6, 6.07) is 22.9. The SMILES string of the molecule is COc1cc(-c2cc(-c3ccccc3)nc3sc(C(=O)NCc4ccccc4Cl)c(N)c23)cc(OC)c1OC. The first-order chi connectivity index (χ1) is 18.9. The van der Waals surface area contributed by atoms with Gasteiger partial charge in [0, 0.05) is 22.5 Å². The molecule has 0 aliphatic heterocycles. The second kappa shape index (κ2) is 11.2. The number of methoxy groups -OCH3 is 3. The molecule has 0 fully saturated rings. The minimum Gasteiger partial charge on any atom is -0.493 e. The molecule has 0 bridgehead atoms. The maximum atomic E-state index is 13.3. The molecule has 0 aliphatic carbocycles. The van der Waals surface area contributed by atoms with Crippen LogP contribution in [0.3, 0.4) is 0 Å². The van der Waals surface area contributed by atoms with E-state index in [1.807, 2.05) is 66.7 Å². The highest BCUT2D eigenvalue weighted by Crippen LogP contribution is 2.46. The molecule has 0 saturated heterocycles. The van der Waals surface area contributed by atoms with E-state index in [4.69, 9.17) is 36.5 Å². The Morgan fingerprint density at radius 3 is 2.23 bits per heavy atom. The maximum absolute atomic E-state index is 13.3. The number of benzene rings is 3. The summed E-state index contributed by atoms with van der Waals surface area (Å²) in [4.78, 5) is 19.2. The van der Waals surface area contributed by atoms with Gasteiger partial charge in [0.25, 0.3) is 5.91 Å². The molecule has 5 aromatic rings. The third-order valence-corrected chi connectivity index (χ3v) is 7.81. The van der Waals surface area contributed by atoms with Crippen molar-refractivity contribution >= 4 is 44.7 Å². The van der Waals surface area contributed by atoms with Gasteiger partial charge in [0.1, 0.15) is 9.71 Å². The van der Waals surface area contributed by atoms with Crippen LogP contribution in [0.1, 0.15) is 15.2 Å². The Morgan fingerprint density at radius 1 is 0.923 bits per heavy atom. The predicted octanol–water partition coefficient (Wildman–Crippen LogP) is 6.82. The average Bonchev–Trinajstić information content (AvgIpc) is 3.31. The summed E-state index contributed by atoms with van der Waals surface area (Å²) in [5, 5.41) is 4.20. The molecule has 9 heteroatoms. The molecule has 2 heterocycles. The molecule has 0 radical (unpaired) electrons. The average molecular weight is 560 g/mol. The largest absolute Gasteiger partial charge is 0.493 e. The van der Waals surface area contributed by atoms with E-state index < -0.39 is 0 Å². The predicted molar refractivity (Wildman–Crippen MR) is 157 cm³/mol. The summed E-state index contributed by atoms with van der Waals surface area (Å²) >= 11 is 7.52. The van der Waals surface area contributed by atoms with Crippen molar-refractivity contribution in [1.82, 2.24) is 10.3 Å². The van der Waals surface area contributed by atoms with Crippen molar-refractivity contribution in [3.8, 4) is 39.6 Å². The minimum atomic E-state index is -0.299. The van der Waals surface area contributed by atoms with E-state index in [1.165, 1.54) is 11.3 Å². The van der Waals surface area contributed by atoms with E-state index in [0.717, 1.165) is 27.9 Å². The number of nitrogen functional groups attached to an aromatic ring is 1. The number of hydrogen-bond acceptors (Lipinski definition) is 7. The quantitative estimate of drug-likeness (QED) is 0.216. The highest BCUT2D eigenvalue weighted by atomic mass is 35.5. The van der Waals surface area contributed by atoms with Crippen LogP contribution >= 0.6 is 22.9 Å². The third kappa shape index (κ3) is 5.08. The summed E-state index contributed by atoms with van der Waals surface area (Å²) in [5.74, 6) is 1.19. The lowest BCUT2D eigenvalue weighted by molar-refractivity contribution is 0.0956. The molecule has 0 unspecified atom stereocenters. The Balaban J connectivity index is 1.67. The molecule has 2 aromatic heterocycles. The second-order valence-corrected chi connectivity index (χ2v) is 10.0. The molecule has 5 rings (SSSR count). The number of amides is 1. The van der Waals surface area contributed by atoms with Crippen molar-refractivity contribution in [2.45, 2.75) is 6.54 Å². The van der Waals surface area contributed by atoms with Crippen molar-refractivity contribution < 1.29 is 19.0 Å². The summed E-state index contributed by atoms with van der Waals surface area (Å²) in [6.45, 7) is 0.272. The molecule has 3 N–H and O–H groups in total. The van der Waals surface area contributed by atoms with E-state index in [-0.39, 0.29) is 12.5 Å². The van der Waals surface area contributed by atoms with Gasteiger partial charge >= 0.3 is 0 Å². The second-order valence-electron chi connectivity index (χ2n) is 8.63. The third-order valence-electron chi connectivity index (χ3n) is 6.35. The van der Waals surface area contributed by atoms with Crippen LogP contribution in [-0.4, -0.2) is 32.2 Å². The zero-order valence-electron chi connectivity index (χ0n) is 21.6. The molecule has 0 saturated carbocycles. The number of nitrogens with one attached hydrogen (secondary N) is 1. The lowest BCUT2D eigenvalue weighted by atomic mass is 9.98. The van der Waals surface area contributed by atoms with Crippen LogP contribution in [0, 0.1) is 0 Å². The van der Waals surface area contributed by atoms with Gasteiger partial charge in [-0.1, -0.05) is 60.1 Å². The smallest absolute Gasteiger partial charge is 0.263 e. The van der Waals surface area contributed by atoms with Crippen molar-refractivity contribution in [3.63, 3.8) is 0 Å². The van der Waals surface area contributed by atoms with Gasteiger partial charge in [-0.05, 0) is 41.0 Å². The monoisotopic (exact) mass is 559 g/mol. The van der Waals surface area contributed by atoms with Crippen molar-refractivity contribution in [1.29, 1.82) is 0 Å². The highest BCUT2D eigenvalue weighted by Gasteiger charge is 2.23. The molecule has 7 nitrogen and oxygen atoms in total. The van der Waals surface area contributed by atoms with E-state index in [2.05, 4.69) is 5.32 Å². The Hall–Kier alpha value is -4.27. The first kappa shape index (κ1) is 26.3. The molecule has 198 valence electrons. The Labute approximate surface area is 235 Å². The number of nitrogens with two attached hydrogens (primary N) is 1. The number of carbonyl (C=O) groups excluding carboxylic acids is 1. The summed E-state index contributed by atoms with van der Waals surface area (Å²) in [5.41, 5.74) is 11.1. The number of nitrogens with zero attached hydrogens (tertiary/aromatic N) is 1. The van der Waals surface area contributed by atoms with Gasteiger partial charge in [0.05, 0.1) is 32.7 Å². The van der Waals surface area contributed by atoms with Gasteiger partial charge < -0.3 is 25.3 Å². The number of pyridine rings is 1. The van der Waals surface area contributed by atoms with Gasteiger partial charge in [0.15, 0.2) is 11.5 Å². The van der Waals surface area contributed by atoms with E-state index in [0.29, 0.717) is 43.1 Å².